The summed E-state index contributed by atoms with van der Waals surface area (Å²) in [6.07, 6.45) is 3.58. The second-order valence-corrected chi connectivity index (χ2v) is 7.57. The summed E-state index contributed by atoms with van der Waals surface area (Å²) >= 11 is 0. The van der Waals surface area contributed by atoms with Crippen molar-refractivity contribution in [1.29, 1.82) is 0 Å². The number of nitrogens with zero attached hydrogens (tertiary/aromatic N) is 2. The Bertz CT molecular complexity index is 809. The molecule has 0 radical (unpaired) electrons. The summed E-state index contributed by atoms with van der Waals surface area (Å²) in [5.74, 6) is 0.736. The van der Waals surface area contributed by atoms with E-state index < -0.39 is 7.12 Å². The first kappa shape index (κ1) is 18.8. The van der Waals surface area contributed by atoms with E-state index in [1.807, 2.05) is 58.9 Å². The van der Waals surface area contributed by atoms with Gasteiger partial charge in [-0.15, -0.1) is 0 Å². The van der Waals surface area contributed by atoms with Crippen LogP contribution in [0, 0.1) is 0 Å². The van der Waals surface area contributed by atoms with E-state index >= 15 is 0 Å². The first-order chi connectivity index (χ1) is 12.2. The standard InChI is InChI=1S/C19H27BN2O4/c1-6-21-10-11-22(17(21)23)12-13-24-16-9-7-8-15(14-16)20-25-18(2,3)19(4,5)26-20/h7-11,14H,6,12-13H2,1-5H3. The third kappa shape index (κ3) is 3.59. The zero-order chi connectivity index (χ0) is 18.9. The second-order valence-electron chi connectivity index (χ2n) is 7.57. The van der Waals surface area contributed by atoms with E-state index in [0.717, 1.165) is 11.2 Å². The summed E-state index contributed by atoms with van der Waals surface area (Å²) in [5, 5.41) is 0. The van der Waals surface area contributed by atoms with Gasteiger partial charge >= 0.3 is 12.8 Å². The summed E-state index contributed by atoms with van der Waals surface area (Å²) in [6, 6.07) is 7.73. The molecule has 1 saturated heterocycles. The average molecular weight is 358 g/mol. The van der Waals surface area contributed by atoms with Crippen molar-refractivity contribution in [3.8, 4) is 5.75 Å². The maximum Gasteiger partial charge on any atom is 0.494 e. The Hall–Kier alpha value is -1.99. The molecule has 2 heterocycles. The number of ether oxygens (including phenoxy) is 1. The summed E-state index contributed by atoms with van der Waals surface area (Å²) in [7, 11) is -0.412. The number of benzene rings is 1. The number of imidazole rings is 1. The van der Waals surface area contributed by atoms with Gasteiger partial charge in [0.2, 0.25) is 0 Å². The van der Waals surface area contributed by atoms with E-state index in [0.29, 0.717) is 19.7 Å². The van der Waals surface area contributed by atoms with E-state index in [4.69, 9.17) is 14.0 Å². The van der Waals surface area contributed by atoms with Gasteiger partial charge < -0.3 is 14.0 Å². The Kier molecular flexibility index (Phi) is 5.04. The Balaban J connectivity index is 1.63. The topological polar surface area (TPSA) is 54.6 Å². The Labute approximate surface area is 154 Å². The lowest BCUT2D eigenvalue weighted by molar-refractivity contribution is 0.00578. The van der Waals surface area contributed by atoms with Crippen LogP contribution >= 0.6 is 0 Å². The minimum Gasteiger partial charge on any atom is -0.492 e. The van der Waals surface area contributed by atoms with Crippen molar-refractivity contribution in [3.63, 3.8) is 0 Å². The van der Waals surface area contributed by atoms with Gasteiger partial charge in [0.1, 0.15) is 12.4 Å². The fourth-order valence-electron chi connectivity index (χ4n) is 2.86. The summed E-state index contributed by atoms with van der Waals surface area (Å²) in [6.45, 7) is 11.7. The SMILES string of the molecule is CCn1ccn(CCOc2cccc(B3OC(C)(C)C(C)(C)O3)c2)c1=O. The van der Waals surface area contributed by atoms with Crippen LogP contribution in [0.2, 0.25) is 0 Å². The van der Waals surface area contributed by atoms with E-state index in [-0.39, 0.29) is 16.9 Å². The monoisotopic (exact) mass is 358 g/mol. The average Bonchev–Trinajstić information content (AvgIpc) is 3.04. The molecule has 0 bridgehead atoms. The highest BCUT2D eigenvalue weighted by molar-refractivity contribution is 6.62. The van der Waals surface area contributed by atoms with Gasteiger partial charge in [0.25, 0.3) is 0 Å². The molecule has 0 saturated carbocycles. The number of hydrogen-bond donors (Lipinski definition) is 0. The number of aromatic nitrogens is 2. The van der Waals surface area contributed by atoms with Crippen molar-refractivity contribution >= 4 is 12.6 Å². The van der Waals surface area contributed by atoms with Crippen LogP contribution in [0.3, 0.4) is 0 Å². The zero-order valence-electron chi connectivity index (χ0n) is 16.2. The third-order valence-electron chi connectivity index (χ3n) is 5.24. The van der Waals surface area contributed by atoms with Crippen molar-refractivity contribution < 1.29 is 14.0 Å². The van der Waals surface area contributed by atoms with Gasteiger partial charge in [-0.05, 0) is 52.2 Å². The van der Waals surface area contributed by atoms with Crippen LogP contribution in [0.15, 0.2) is 41.5 Å². The number of rotatable bonds is 6. The van der Waals surface area contributed by atoms with Crippen molar-refractivity contribution in [2.45, 2.75) is 58.9 Å². The van der Waals surface area contributed by atoms with Gasteiger partial charge in [-0.2, -0.15) is 0 Å². The quantitative estimate of drug-likeness (QED) is 0.742. The van der Waals surface area contributed by atoms with Crippen LogP contribution in [0.4, 0.5) is 0 Å². The molecule has 0 amide bonds. The maximum absolute atomic E-state index is 12.0. The van der Waals surface area contributed by atoms with Crippen LogP contribution in [0.25, 0.3) is 0 Å². The van der Waals surface area contributed by atoms with Crippen LogP contribution < -0.4 is 15.9 Å². The molecular formula is C19H27BN2O4. The molecule has 1 aromatic carbocycles. The summed E-state index contributed by atoms with van der Waals surface area (Å²) < 4.78 is 21.3. The normalized spacial score (nSPS) is 18.3. The van der Waals surface area contributed by atoms with Gasteiger partial charge in [-0.3, -0.25) is 9.13 Å². The molecular weight excluding hydrogens is 331 g/mol. The van der Waals surface area contributed by atoms with Crippen LogP contribution in [0.1, 0.15) is 34.6 Å². The molecule has 140 valence electrons. The van der Waals surface area contributed by atoms with Gasteiger partial charge in [0.15, 0.2) is 0 Å². The molecule has 2 aromatic rings. The molecule has 0 aliphatic carbocycles. The van der Waals surface area contributed by atoms with Crippen LogP contribution in [-0.2, 0) is 22.4 Å². The number of aryl methyl sites for hydroxylation is 1. The molecule has 0 atom stereocenters. The lowest BCUT2D eigenvalue weighted by atomic mass is 9.79. The van der Waals surface area contributed by atoms with Crippen molar-refractivity contribution in [2.24, 2.45) is 0 Å². The molecule has 26 heavy (non-hydrogen) atoms. The van der Waals surface area contributed by atoms with Gasteiger partial charge in [-0.25, -0.2) is 4.79 Å². The predicted molar refractivity (Wildman–Crippen MR) is 102 cm³/mol. The van der Waals surface area contributed by atoms with E-state index in [9.17, 15) is 4.79 Å². The second kappa shape index (κ2) is 6.97. The van der Waals surface area contributed by atoms with E-state index in [1.165, 1.54) is 0 Å². The van der Waals surface area contributed by atoms with E-state index in [1.54, 1.807) is 21.5 Å². The first-order valence-corrected chi connectivity index (χ1v) is 9.07. The van der Waals surface area contributed by atoms with Crippen molar-refractivity contribution in [3.05, 3.63) is 47.1 Å². The fraction of sp³-hybridized carbons (Fsp3) is 0.526. The Morgan fingerprint density at radius 1 is 1.08 bits per heavy atom. The molecule has 6 nitrogen and oxygen atoms in total. The van der Waals surface area contributed by atoms with Crippen LogP contribution in [-0.4, -0.2) is 34.1 Å². The number of hydrogen-bond acceptors (Lipinski definition) is 4. The molecule has 0 spiro atoms. The molecule has 1 fully saturated rings. The first-order valence-electron chi connectivity index (χ1n) is 9.07. The van der Waals surface area contributed by atoms with Crippen LogP contribution in [0.5, 0.6) is 5.75 Å². The van der Waals surface area contributed by atoms with Gasteiger partial charge in [0, 0.05) is 18.9 Å². The molecule has 1 aliphatic heterocycles. The molecule has 0 N–H and O–H groups in total. The fourth-order valence-corrected chi connectivity index (χ4v) is 2.86. The zero-order valence-corrected chi connectivity index (χ0v) is 16.2. The largest absolute Gasteiger partial charge is 0.494 e. The maximum atomic E-state index is 12.0. The third-order valence-corrected chi connectivity index (χ3v) is 5.24. The van der Waals surface area contributed by atoms with Gasteiger partial charge in [-0.1, -0.05) is 12.1 Å². The lowest BCUT2D eigenvalue weighted by Gasteiger charge is -2.32. The lowest BCUT2D eigenvalue weighted by Crippen LogP contribution is -2.41. The molecule has 0 unspecified atom stereocenters. The Morgan fingerprint density at radius 3 is 2.35 bits per heavy atom. The van der Waals surface area contributed by atoms with Crippen molar-refractivity contribution in [1.82, 2.24) is 9.13 Å². The highest BCUT2D eigenvalue weighted by atomic mass is 16.7. The molecule has 1 aliphatic rings. The highest BCUT2D eigenvalue weighted by Crippen LogP contribution is 2.36. The molecule has 1 aromatic heterocycles. The highest BCUT2D eigenvalue weighted by Gasteiger charge is 2.51. The van der Waals surface area contributed by atoms with Gasteiger partial charge in [0.05, 0.1) is 17.7 Å². The minimum absolute atomic E-state index is 0.0120. The summed E-state index contributed by atoms with van der Waals surface area (Å²) in [4.78, 5) is 12.0. The smallest absolute Gasteiger partial charge is 0.492 e. The minimum atomic E-state index is -0.412. The Morgan fingerprint density at radius 2 is 1.73 bits per heavy atom. The molecule has 3 rings (SSSR count). The van der Waals surface area contributed by atoms with E-state index in [2.05, 4.69) is 0 Å². The molecule has 7 heteroatoms. The predicted octanol–water partition coefficient (Wildman–Crippen LogP) is 2.05. The van der Waals surface area contributed by atoms with Crippen molar-refractivity contribution in [2.75, 3.05) is 6.61 Å². The summed E-state index contributed by atoms with van der Waals surface area (Å²) in [5.41, 5.74) is 0.169.